The van der Waals surface area contributed by atoms with Crippen molar-refractivity contribution in [2.45, 2.75) is 51.2 Å². The van der Waals surface area contributed by atoms with Crippen molar-refractivity contribution in [2.75, 3.05) is 7.05 Å². The summed E-state index contributed by atoms with van der Waals surface area (Å²) < 4.78 is 26.6. The maximum absolute atomic E-state index is 12.6. The van der Waals surface area contributed by atoms with Crippen LogP contribution in [0.4, 0.5) is 0 Å². The number of rotatable bonds is 6. The second-order valence-electron chi connectivity index (χ2n) is 5.50. The number of nitrogens with zero attached hydrogens (tertiary/aromatic N) is 1. The zero-order valence-corrected chi connectivity index (χ0v) is 13.7. The van der Waals surface area contributed by atoms with Gasteiger partial charge in [-0.2, -0.15) is 4.31 Å². The fraction of sp³-hybridized carbons (Fsp3) is 0.600. The monoisotopic (exact) mass is 299 g/mol. The fourth-order valence-electron chi connectivity index (χ4n) is 1.92. The molecule has 0 radical (unpaired) electrons. The third-order valence-electron chi connectivity index (χ3n) is 3.84. The first-order chi connectivity index (χ1) is 9.21. The van der Waals surface area contributed by atoms with Crippen molar-refractivity contribution in [2.24, 2.45) is 5.92 Å². The topological polar surface area (TPSA) is 57.6 Å². The van der Waals surface area contributed by atoms with Crippen molar-refractivity contribution in [3.05, 3.63) is 29.8 Å². The smallest absolute Gasteiger partial charge is 0.243 e. The van der Waals surface area contributed by atoms with Crippen molar-refractivity contribution in [1.29, 1.82) is 0 Å². The van der Waals surface area contributed by atoms with Gasteiger partial charge in [-0.1, -0.05) is 32.9 Å². The largest absolute Gasteiger partial charge is 0.388 e. The van der Waals surface area contributed by atoms with E-state index in [1.807, 2.05) is 27.7 Å². The van der Waals surface area contributed by atoms with Gasteiger partial charge in [-0.15, -0.1) is 0 Å². The standard InChI is InChI=1S/C15H25NO3S/c1-6-15(17)13-8-7-9-14(10-13)20(18,19)16(5)12(4)11(2)3/h7-12,15,17H,6H2,1-5H3. The van der Waals surface area contributed by atoms with E-state index in [1.54, 1.807) is 31.3 Å². The van der Waals surface area contributed by atoms with Crippen LogP contribution < -0.4 is 0 Å². The van der Waals surface area contributed by atoms with Crippen LogP contribution >= 0.6 is 0 Å². The minimum atomic E-state index is -3.53. The van der Waals surface area contributed by atoms with E-state index >= 15 is 0 Å². The summed E-state index contributed by atoms with van der Waals surface area (Å²) in [6, 6.07) is 6.48. The molecule has 1 aromatic rings. The molecule has 1 aromatic carbocycles. The average molecular weight is 299 g/mol. The SMILES string of the molecule is CCC(O)c1cccc(S(=O)(=O)N(C)C(C)C(C)C)c1. The molecule has 0 aliphatic carbocycles. The molecule has 0 aliphatic rings. The average Bonchev–Trinajstić information content (AvgIpc) is 2.44. The van der Waals surface area contributed by atoms with Gasteiger partial charge in [-0.05, 0) is 37.0 Å². The molecule has 20 heavy (non-hydrogen) atoms. The van der Waals surface area contributed by atoms with Gasteiger partial charge in [0.05, 0.1) is 11.0 Å². The molecule has 0 aromatic heterocycles. The van der Waals surface area contributed by atoms with Crippen molar-refractivity contribution in [3.63, 3.8) is 0 Å². The zero-order valence-electron chi connectivity index (χ0n) is 12.9. The van der Waals surface area contributed by atoms with E-state index in [4.69, 9.17) is 0 Å². The summed E-state index contributed by atoms with van der Waals surface area (Å²) in [5, 5.41) is 9.85. The maximum atomic E-state index is 12.6. The predicted molar refractivity (Wildman–Crippen MR) is 80.9 cm³/mol. The molecule has 0 bridgehead atoms. The number of benzene rings is 1. The molecule has 2 unspecified atom stereocenters. The molecule has 0 spiro atoms. The van der Waals surface area contributed by atoms with E-state index in [9.17, 15) is 13.5 Å². The van der Waals surface area contributed by atoms with E-state index in [0.717, 1.165) is 0 Å². The molecular weight excluding hydrogens is 274 g/mol. The number of sulfonamides is 1. The second kappa shape index (κ2) is 6.70. The highest BCUT2D eigenvalue weighted by Crippen LogP contribution is 2.24. The minimum Gasteiger partial charge on any atom is -0.388 e. The number of aliphatic hydroxyl groups excluding tert-OH is 1. The summed E-state index contributed by atoms with van der Waals surface area (Å²) in [6.07, 6.45) is -0.0696. The third-order valence-corrected chi connectivity index (χ3v) is 5.79. The molecule has 5 heteroatoms. The molecule has 0 amide bonds. The maximum Gasteiger partial charge on any atom is 0.243 e. The Hall–Kier alpha value is -0.910. The van der Waals surface area contributed by atoms with Gasteiger partial charge in [-0.25, -0.2) is 8.42 Å². The van der Waals surface area contributed by atoms with Crippen molar-refractivity contribution >= 4 is 10.0 Å². The van der Waals surface area contributed by atoms with Crippen molar-refractivity contribution < 1.29 is 13.5 Å². The van der Waals surface area contributed by atoms with Crippen LogP contribution in [0.2, 0.25) is 0 Å². The number of hydrogen-bond acceptors (Lipinski definition) is 3. The normalized spacial score (nSPS) is 15.6. The first-order valence-corrected chi connectivity index (χ1v) is 8.41. The summed E-state index contributed by atoms with van der Waals surface area (Å²) in [5.41, 5.74) is 0.638. The van der Waals surface area contributed by atoms with Crippen LogP contribution in [0.3, 0.4) is 0 Å². The molecule has 0 aliphatic heterocycles. The summed E-state index contributed by atoms with van der Waals surface area (Å²) in [7, 11) is -1.93. The van der Waals surface area contributed by atoms with Crippen LogP contribution in [-0.2, 0) is 10.0 Å². The Kier molecular flexibility index (Phi) is 5.74. The molecule has 1 rings (SSSR count). The van der Waals surface area contributed by atoms with Crippen LogP contribution in [0.5, 0.6) is 0 Å². The Morgan fingerprint density at radius 3 is 2.35 bits per heavy atom. The van der Waals surface area contributed by atoms with E-state index in [2.05, 4.69) is 0 Å². The quantitative estimate of drug-likeness (QED) is 0.878. The first-order valence-electron chi connectivity index (χ1n) is 6.97. The minimum absolute atomic E-state index is 0.0836. The Balaban J connectivity index is 3.16. The highest BCUT2D eigenvalue weighted by atomic mass is 32.2. The van der Waals surface area contributed by atoms with E-state index < -0.39 is 16.1 Å². The molecule has 1 N–H and O–H groups in total. The molecule has 0 saturated carbocycles. The van der Waals surface area contributed by atoms with E-state index in [1.165, 1.54) is 4.31 Å². The number of hydrogen-bond donors (Lipinski definition) is 1. The van der Waals surface area contributed by atoms with Crippen LogP contribution in [-0.4, -0.2) is 30.9 Å². The second-order valence-corrected chi connectivity index (χ2v) is 7.50. The zero-order chi connectivity index (χ0) is 15.5. The molecule has 4 nitrogen and oxygen atoms in total. The Morgan fingerprint density at radius 2 is 1.85 bits per heavy atom. The Labute approximate surface area is 122 Å². The van der Waals surface area contributed by atoms with E-state index in [-0.39, 0.29) is 16.9 Å². The van der Waals surface area contributed by atoms with E-state index in [0.29, 0.717) is 12.0 Å². The lowest BCUT2D eigenvalue weighted by molar-refractivity contribution is 0.173. The summed E-state index contributed by atoms with van der Waals surface area (Å²) in [5.74, 6) is 0.235. The first kappa shape index (κ1) is 17.1. The molecule has 0 heterocycles. The van der Waals surface area contributed by atoms with Crippen LogP contribution in [0.25, 0.3) is 0 Å². The molecule has 2 atom stereocenters. The van der Waals surface area contributed by atoms with Gasteiger partial charge in [0.15, 0.2) is 0 Å². The van der Waals surface area contributed by atoms with Gasteiger partial charge in [0.1, 0.15) is 0 Å². The van der Waals surface area contributed by atoms with Gasteiger partial charge < -0.3 is 5.11 Å². The third kappa shape index (κ3) is 3.59. The molecule has 0 saturated heterocycles. The fourth-order valence-corrected chi connectivity index (χ4v) is 3.47. The predicted octanol–water partition coefficient (Wildman–Crippen LogP) is 2.80. The van der Waals surface area contributed by atoms with Crippen molar-refractivity contribution in [3.8, 4) is 0 Å². The Morgan fingerprint density at radius 1 is 1.25 bits per heavy atom. The lowest BCUT2D eigenvalue weighted by atomic mass is 10.1. The molecule has 114 valence electrons. The molecular formula is C15H25NO3S. The van der Waals surface area contributed by atoms with Crippen LogP contribution in [0.15, 0.2) is 29.2 Å². The van der Waals surface area contributed by atoms with Crippen molar-refractivity contribution in [1.82, 2.24) is 4.31 Å². The van der Waals surface area contributed by atoms with Crippen LogP contribution in [0.1, 0.15) is 45.8 Å². The Bertz CT molecular complexity index is 540. The highest BCUT2D eigenvalue weighted by molar-refractivity contribution is 7.89. The van der Waals surface area contributed by atoms with Gasteiger partial charge in [-0.3, -0.25) is 0 Å². The van der Waals surface area contributed by atoms with Crippen LogP contribution in [0, 0.1) is 5.92 Å². The summed E-state index contributed by atoms with van der Waals surface area (Å²) >= 11 is 0. The van der Waals surface area contributed by atoms with Gasteiger partial charge >= 0.3 is 0 Å². The summed E-state index contributed by atoms with van der Waals surface area (Å²) in [6.45, 7) is 7.74. The lowest BCUT2D eigenvalue weighted by Crippen LogP contribution is -2.38. The highest BCUT2D eigenvalue weighted by Gasteiger charge is 2.27. The lowest BCUT2D eigenvalue weighted by Gasteiger charge is -2.27. The van der Waals surface area contributed by atoms with Gasteiger partial charge in [0.2, 0.25) is 10.0 Å². The van der Waals surface area contributed by atoms with Gasteiger partial charge in [0, 0.05) is 13.1 Å². The van der Waals surface area contributed by atoms with Gasteiger partial charge in [0.25, 0.3) is 0 Å². The number of aliphatic hydroxyl groups is 1. The molecule has 0 fully saturated rings. The summed E-state index contributed by atoms with van der Waals surface area (Å²) in [4.78, 5) is 0.234.